The van der Waals surface area contributed by atoms with Crippen molar-refractivity contribution in [1.82, 2.24) is 14.8 Å². The first-order valence-electron chi connectivity index (χ1n) is 5.99. The zero-order valence-corrected chi connectivity index (χ0v) is 11.8. The van der Waals surface area contributed by atoms with Crippen molar-refractivity contribution in [3.8, 4) is 0 Å². The highest BCUT2D eigenvalue weighted by molar-refractivity contribution is 7.99. The van der Waals surface area contributed by atoms with Crippen LogP contribution in [0.3, 0.4) is 0 Å². The van der Waals surface area contributed by atoms with E-state index in [2.05, 4.69) is 10.2 Å². The molecule has 6 heteroatoms. The summed E-state index contributed by atoms with van der Waals surface area (Å²) in [7, 11) is 0. The molecule has 0 spiro atoms. The summed E-state index contributed by atoms with van der Waals surface area (Å²) in [6.45, 7) is 8.06. The Bertz CT molecular complexity index is 360. The highest BCUT2D eigenvalue weighted by Gasteiger charge is 2.24. The zero-order chi connectivity index (χ0) is 13.1. The number of thioether (sulfide) groups is 1. The van der Waals surface area contributed by atoms with Crippen LogP contribution in [0.25, 0.3) is 0 Å². The van der Waals surface area contributed by atoms with Gasteiger partial charge in [-0.25, -0.2) is 0 Å². The number of anilines is 1. The Morgan fingerprint density at radius 2 is 1.94 bits per heavy atom. The van der Waals surface area contributed by atoms with Gasteiger partial charge in [-0.05, 0) is 26.7 Å². The van der Waals surface area contributed by atoms with Crippen LogP contribution in [0, 0.1) is 0 Å². The Balaban J connectivity index is 2.76. The van der Waals surface area contributed by atoms with Gasteiger partial charge in [-0.3, -0.25) is 4.57 Å². The molecule has 0 unspecified atom stereocenters. The van der Waals surface area contributed by atoms with Crippen molar-refractivity contribution in [2.45, 2.75) is 57.3 Å². The van der Waals surface area contributed by atoms with Gasteiger partial charge in [0.25, 0.3) is 0 Å². The molecule has 3 N–H and O–H groups in total. The Morgan fingerprint density at radius 1 is 1.35 bits per heavy atom. The van der Waals surface area contributed by atoms with Gasteiger partial charge in [-0.1, -0.05) is 25.6 Å². The van der Waals surface area contributed by atoms with Gasteiger partial charge < -0.3 is 10.8 Å². The minimum absolute atomic E-state index is 0.226. The summed E-state index contributed by atoms with van der Waals surface area (Å²) in [4.78, 5) is 0. The third kappa shape index (κ3) is 3.35. The van der Waals surface area contributed by atoms with Crippen molar-refractivity contribution in [2.24, 2.45) is 0 Å². The van der Waals surface area contributed by atoms with E-state index in [0.717, 1.165) is 18.0 Å². The van der Waals surface area contributed by atoms with Gasteiger partial charge in [0.2, 0.25) is 5.95 Å². The molecule has 0 saturated heterocycles. The molecule has 0 aromatic carbocycles. The Hall–Kier alpha value is -0.750. The van der Waals surface area contributed by atoms with Crippen LogP contribution >= 0.6 is 11.8 Å². The second-order valence-electron chi connectivity index (χ2n) is 4.52. The fraction of sp³-hybridized carbons (Fsp3) is 0.818. The molecule has 1 aromatic heterocycles. The van der Waals surface area contributed by atoms with Crippen LogP contribution in [0.15, 0.2) is 5.16 Å². The normalized spacial score (nSPS) is 12.4. The van der Waals surface area contributed by atoms with E-state index in [0.29, 0.717) is 11.7 Å². The van der Waals surface area contributed by atoms with Crippen molar-refractivity contribution in [3.63, 3.8) is 0 Å². The fourth-order valence-corrected chi connectivity index (χ4v) is 2.87. The van der Waals surface area contributed by atoms with Crippen LogP contribution in [0.2, 0.25) is 0 Å². The van der Waals surface area contributed by atoms with Gasteiger partial charge >= 0.3 is 0 Å². The lowest BCUT2D eigenvalue weighted by Gasteiger charge is -2.24. The standard InChI is InChI=1S/C11H22N4OS/c1-5-11(16,6-2)7-17-10-14-13-9(12)15(10)8(3)4/h8,16H,5-7H2,1-4H3,(H2,12,13). The maximum Gasteiger partial charge on any atom is 0.222 e. The van der Waals surface area contributed by atoms with Crippen molar-refractivity contribution in [2.75, 3.05) is 11.5 Å². The maximum atomic E-state index is 10.2. The summed E-state index contributed by atoms with van der Waals surface area (Å²) in [5, 5.41) is 18.9. The number of hydrogen-bond acceptors (Lipinski definition) is 5. The van der Waals surface area contributed by atoms with Crippen molar-refractivity contribution in [3.05, 3.63) is 0 Å². The molecule has 0 aliphatic heterocycles. The summed E-state index contributed by atoms with van der Waals surface area (Å²) in [5.41, 5.74) is 5.13. The molecule has 0 aliphatic rings. The molecular weight excluding hydrogens is 236 g/mol. The van der Waals surface area contributed by atoms with E-state index in [-0.39, 0.29) is 6.04 Å². The number of nitrogens with zero attached hydrogens (tertiary/aromatic N) is 3. The van der Waals surface area contributed by atoms with Crippen LogP contribution in [-0.2, 0) is 0 Å². The van der Waals surface area contributed by atoms with Crippen LogP contribution in [-0.4, -0.2) is 31.2 Å². The SMILES string of the molecule is CCC(O)(CC)CSc1nnc(N)n1C(C)C. The lowest BCUT2D eigenvalue weighted by molar-refractivity contribution is 0.0571. The zero-order valence-electron chi connectivity index (χ0n) is 11.0. The number of hydrogen-bond donors (Lipinski definition) is 2. The smallest absolute Gasteiger partial charge is 0.222 e. The largest absolute Gasteiger partial charge is 0.389 e. The second kappa shape index (κ2) is 5.73. The van der Waals surface area contributed by atoms with Gasteiger partial charge in [0, 0.05) is 11.8 Å². The van der Waals surface area contributed by atoms with Gasteiger partial charge in [-0.2, -0.15) is 0 Å². The van der Waals surface area contributed by atoms with Crippen molar-refractivity contribution in [1.29, 1.82) is 0 Å². The summed E-state index contributed by atoms with van der Waals surface area (Å²) in [5.74, 6) is 1.05. The molecule has 17 heavy (non-hydrogen) atoms. The lowest BCUT2D eigenvalue weighted by atomic mass is 10.0. The van der Waals surface area contributed by atoms with Gasteiger partial charge in [-0.15, -0.1) is 10.2 Å². The topological polar surface area (TPSA) is 77.0 Å². The molecule has 5 nitrogen and oxygen atoms in total. The van der Waals surface area contributed by atoms with Crippen LogP contribution < -0.4 is 5.73 Å². The number of rotatable bonds is 6. The molecule has 1 aromatic rings. The van der Waals surface area contributed by atoms with E-state index in [4.69, 9.17) is 5.73 Å². The molecule has 0 amide bonds. The predicted octanol–water partition coefficient (Wildman–Crippen LogP) is 2.08. The first kappa shape index (κ1) is 14.3. The molecule has 0 fully saturated rings. The minimum Gasteiger partial charge on any atom is -0.389 e. The number of nitrogens with two attached hydrogens (primary N) is 1. The predicted molar refractivity (Wildman–Crippen MR) is 71.1 cm³/mol. The third-order valence-corrected chi connectivity index (χ3v) is 4.21. The second-order valence-corrected chi connectivity index (χ2v) is 5.47. The molecule has 0 atom stereocenters. The van der Waals surface area contributed by atoms with E-state index in [1.165, 1.54) is 11.8 Å². The van der Waals surface area contributed by atoms with Crippen LogP contribution in [0.1, 0.15) is 46.6 Å². The fourth-order valence-electron chi connectivity index (χ4n) is 1.53. The van der Waals surface area contributed by atoms with E-state index in [1.54, 1.807) is 0 Å². The average molecular weight is 258 g/mol. The Labute approximate surface area is 107 Å². The van der Waals surface area contributed by atoms with Crippen molar-refractivity contribution < 1.29 is 5.11 Å². The molecule has 98 valence electrons. The summed E-state index contributed by atoms with van der Waals surface area (Å²) in [6.07, 6.45) is 1.48. The summed E-state index contributed by atoms with van der Waals surface area (Å²) in [6, 6.07) is 0.226. The quantitative estimate of drug-likeness (QED) is 0.764. The maximum absolute atomic E-state index is 10.2. The minimum atomic E-state index is -0.632. The highest BCUT2D eigenvalue weighted by Crippen LogP contribution is 2.28. The number of aromatic nitrogens is 3. The van der Waals surface area contributed by atoms with E-state index < -0.39 is 5.60 Å². The van der Waals surface area contributed by atoms with Crippen LogP contribution in [0.5, 0.6) is 0 Å². The first-order chi connectivity index (χ1) is 7.93. The number of nitrogen functional groups attached to an aromatic ring is 1. The first-order valence-corrected chi connectivity index (χ1v) is 6.97. The molecule has 0 aliphatic carbocycles. The van der Waals surface area contributed by atoms with Gasteiger partial charge in [0.15, 0.2) is 5.16 Å². The van der Waals surface area contributed by atoms with Gasteiger partial charge in [0.1, 0.15) is 0 Å². The molecule has 1 rings (SSSR count). The monoisotopic (exact) mass is 258 g/mol. The lowest BCUT2D eigenvalue weighted by Crippen LogP contribution is -2.29. The summed E-state index contributed by atoms with van der Waals surface area (Å²) < 4.78 is 1.89. The van der Waals surface area contributed by atoms with E-state index in [9.17, 15) is 5.11 Å². The molecule has 1 heterocycles. The third-order valence-electron chi connectivity index (χ3n) is 2.99. The number of aliphatic hydroxyl groups is 1. The van der Waals surface area contributed by atoms with Crippen LogP contribution in [0.4, 0.5) is 5.95 Å². The average Bonchev–Trinajstić information content (AvgIpc) is 2.67. The molecule has 0 saturated carbocycles. The summed E-state index contributed by atoms with van der Waals surface area (Å²) >= 11 is 1.51. The molecule has 0 radical (unpaired) electrons. The highest BCUT2D eigenvalue weighted by atomic mass is 32.2. The Kier molecular flexibility index (Phi) is 4.82. The van der Waals surface area contributed by atoms with E-state index in [1.807, 2.05) is 32.3 Å². The molecular formula is C11H22N4OS. The van der Waals surface area contributed by atoms with Gasteiger partial charge in [0.05, 0.1) is 5.60 Å². The molecule has 0 bridgehead atoms. The Morgan fingerprint density at radius 3 is 2.41 bits per heavy atom. The van der Waals surface area contributed by atoms with E-state index >= 15 is 0 Å². The van der Waals surface area contributed by atoms with Crippen molar-refractivity contribution >= 4 is 17.7 Å².